The van der Waals surface area contributed by atoms with Crippen LogP contribution in [0.3, 0.4) is 0 Å². The zero-order valence-electron chi connectivity index (χ0n) is 8.50. The third kappa shape index (κ3) is 4.40. The van der Waals surface area contributed by atoms with E-state index in [0.717, 1.165) is 0 Å². The molecule has 0 bridgehead atoms. The third-order valence-electron chi connectivity index (χ3n) is 1.73. The lowest BCUT2D eigenvalue weighted by Crippen LogP contribution is -2.27. The number of carbonyl (C=O) groups is 1. The summed E-state index contributed by atoms with van der Waals surface area (Å²) in [7, 11) is 0. The number of carbonyl (C=O) groups excluding carboxylic acids is 1. The van der Waals surface area contributed by atoms with Gasteiger partial charge in [-0.25, -0.2) is 4.98 Å². The van der Waals surface area contributed by atoms with Gasteiger partial charge >= 0.3 is 0 Å². The number of pyridine rings is 1. The maximum atomic E-state index is 11.5. The Kier molecular flexibility index (Phi) is 5.28. The lowest BCUT2D eigenvalue weighted by Gasteiger charge is -2.04. The number of hydrogen-bond acceptors (Lipinski definition) is 3. The fourth-order valence-electron chi connectivity index (χ4n) is 0.993. The molecule has 1 N–H and O–H groups in total. The van der Waals surface area contributed by atoms with Gasteiger partial charge in [0.15, 0.2) is 0 Å². The quantitative estimate of drug-likeness (QED) is 0.655. The molecule has 0 aliphatic carbocycles. The van der Waals surface area contributed by atoms with Crippen molar-refractivity contribution in [3.05, 3.63) is 28.5 Å². The topological polar surface area (TPSA) is 51.2 Å². The highest BCUT2D eigenvalue weighted by molar-refractivity contribution is 9.10. The van der Waals surface area contributed by atoms with Gasteiger partial charge in [0.2, 0.25) is 0 Å². The van der Waals surface area contributed by atoms with Crippen LogP contribution in [-0.4, -0.2) is 30.6 Å². The highest BCUT2D eigenvalue weighted by Gasteiger charge is 2.04. The minimum Gasteiger partial charge on any atom is -0.380 e. The molecule has 0 aromatic carbocycles. The summed E-state index contributed by atoms with van der Waals surface area (Å²) in [5, 5.41) is 2.73. The fraction of sp³-hybridized carbons (Fsp3) is 0.400. The molecule has 1 amide bonds. The molecule has 4 nitrogen and oxygen atoms in total. The van der Waals surface area contributed by atoms with E-state index in [1.165, 1.54) is 6.20 Å². The van der Waals surface area contributed by atoms with Crippen LogP contribution in [0.5, 0.6) is 0 Å². The summed E-state index contributed by atoms with van der Waals surface area (Å²) >= 11 is 3.20. The van der Waals surface area contributed by atoms with E-state index in [-0.39, 0.29) is 5.91 Å². The molecule has 0 atom stereocenters. The standard InChI is InChI=1S/C10H13BrN2O2/c1-2-15-6-5-12-10(14)8-3-4-9(11)13-7-8/h3-4,7H,2,5-6H2,1H3,(H,12,14). The van der Waals surface area contributed by atoms with Crippen molar-refractivity contribution in [1.29, 1.82) is 0 Å². The van der Waals surface area contributed by atoms with Gasteiger partial charge in [-0.15, -0.1) is 0 Å². The predicted octanol–water partition coefficient (Wildman–Crippen LogP) is 1.61. The van der Waals surface area contributed by atoms with E-state index in [1.807, 2.05) is 6.92 Å². The molecule has 1 heterocycles. The molecule has 1 aromatic rings. The second-order valence-corrected chi connectivity index (χ2v) is 3.63. The van der Waals surface area contributed by atoms with Gasteiger partial charge in [0.1, 0.15) is 4.60 Å². The Morgan fingerprint density at radius 2 is 2.40 bits per heavy atom. The lowest BCUT2D eigenvalue weighted by atomic mass is 10.3. The predicted molar refractivity (Wildman–Crippen MR) is 60.8 cm³/mol. The summed E-state index contributed by atoms with van der Waals surface area (Å²) in [6.45, 7) is 3.63. The van der Waals surface area contributed by atoms with Crippen LogP contribution in [0.2, 0.25) is 0 Å². The normalized spacial score (nSPS) is 10.0. The molecule has 1 rings (SSSR count). The molecular weight excluding hydrogens is 260 g/mol. The monoisotopic (exact) mass is 272 g/mol. The summed E-state index contributed by atoms with van der Waals surface area (Å²) in [6.07, 6.45) is 1.53. The van der Waals surface area contributed by atoms with Crippen molar-refractivity contribution in [2.75, 3.05) is 19.8 Å². The Bertz CT molecular complexity index is 314. The van der Waals surface area contributed by atoms with E-state index in [0.29, 0.717) is 29.9 Å². The van der Waals surface area contributed by atoms with Gasteiger partial charge in [-0.2, -0.15) is 0 Å². The molecule has 0 saturated heterocycles. The van der Waals surface area contributed by atoms with Gasteiger partial charge < -0.3 is 10.1 Å². The van der Waals surface area contributed by atoms with Crippen LogP contribution in [-0.2, 0) is 4.74 Å². The molecule has 82 valence electrons. The van der Waals surface area contributed by atoms with Crippen LogP contribution >= 0.6 is 15.9 Å². The van der Waals surface area contributed by atoms with Gasteiger partial charge in [-0.1, -0.05) is 0 Å². The molecular formula is C10H13BrN2O2. The van der Waals surface area contributed by atoms with Crippen LogP contribution in [0.15, 0.2) is 22.9 Å². The molecule has 0 aliphatic rings. The Balaban J connectivity index is 2.37. The number of aromatic nitrogens is 1. The van der Waals surface area contributed by atoms with Gasteiger partial charge in [-0.05, 0) is 35.0 Å². The Hall–Kier alpha value is -0.940. The van der Waals surface area contributed by atoms with E-state index < -0.39 is 0 Å². The average Bonchev–Trinajstić information content (AvgIpc) is 2.25. The number of halogens is 1. The van der Waals surface area contributed by atoms with E-state index in [2.05, 4.69) is 26.2 Å². The van der Waals surface area contributed by atoms with Crippen LogP contribution in [0.4, 0.5) is 0 Å². The fourth-order valence-corrected chi connectivity index (χ4v) is 1.23. The van der Waals surface area contributed by atoms with E-state index in [4.69, 9.17) is 4.74 Å². The van der Waals surface area contributed by atoms with Crippen molar-refractivity contribution >= 4 is 21.8 Å². The number of rotatable bonds is 5. The highest BCUT2D eigenvalue weighted by atomic mass is 79.9. The minimum atomic E-state index is -0.130. The van der Waals surface area contributed by atoms with E-state index >= 15 is 0 Å². The smallest absolute Gasteiger partial charge is 0.252 e. The lowest BCUT2D eigenvalue weighted by molar-refractivity contribution is 0.0922. The third-order valence-corrected chi connectivity index (χ3v) is 2.19. The summed E-state index contributed by atoms with van der Waals surface area (Å²) in [5.74, 6) is -0.130. The molecule has 1 aromatic heterocycles. The maximum absolute atomic E-state index is 11.5. The summed E-state index contributed by atoms with van der Waals surface area (Å²) < 4.78 is 5.82. The number of ether oxygens (including phenoxy) is 1. The number of amides is 1. The second kappa shape index (κ2) is 6.53. The van der Waals surface area contributed by atoms with Crippen molar-refractivity contribution in [3.63, 3.8) is 0 Å². The maximum Gasteiger partial charge on any atom is 0.252 e. The molecule has 0 fully saturated rings. The Labute approximate surface area is 97.2 Å². The van der Waals surface area contributed by atoms with Crippen molar-refractivity contribution < 1.29 is 9.53 Å². The zero-order chi connectivity index (χ0) is 11.1. The molecule has 0 unspecified atom stereocenters. The van der Waals surface area contributed by atoms with Crippen LogP contribution in [0.1, 0.15) is 17.3 Å². The van der Waals surface area contributed by atoms with Gasteiger partial charge in [-0.3, -0.25) is 4.79 Å². The molecule has 0 aliphatic heterocycles. The van der Waals surface area contributed by atoms with Crippen LogP contribution in [0.25, 0.3) is 0 Å². The summed E-state index contributed by atoms with van der Waals surface area (Å²) in [6, 6.07) is 3.45. The van der Waals surface area contributed by atoms with Crippen molar-refractivity contribution in [3.8, 4) is 0 Å². The zero-order valence-corrected chi connectivity index (χ0v) is 10.1. The number of hydrogen-bond donors (Lipinski definition) is 1. The van der Waals surface area contributed by atoms with Gasteiger partial charge in [0, 0.05) is 19.3 Å². The van der Waals surface area contributed by atoms with Crippen LogP contribution in [0, 0.1) is 0 Å². The summed E-state index contributed by atoms with van der Waals surface area (Å²) in [5.41, 5.74) is 0.551. The minimum absolute atomic E-state index is 0.130. The number of nitrogens with zero attached hydrogens (tertiary/aromatic N) is 1. The van der Waals surface area contributed by atoms with E-state index in [1.54, 1.807) is 12.1 Å². The first kappa shape index (κ1) is 12.1. The first-order valence-electron chi connectivity index (χ1n) is 4.71. The molecule has 0 saturated carbocycles. The van der Waals surface area contributed by atoms with Crippen LogP contribution < -0.4 is 5.32 Å². The van der Waals surface area contributed by atoms with Gasteiger partial charge in [0.05, 0.1) is 12.2 Å². The Morgan fingerprint density at radius 3 is 3.00 bits per heavy atom. The first-order valence-corrected chi connectivity index (χ1v) is 5.51. The highest BCUT2D eigenvalue weighted by Crippen LogP contribution is 2.05. The molecule has 15 heavy (non-hydrogen) atoms. The van der Waals surface area contributed by atoms with Crippen molar-refractivity contribution in [1.82, 2.24) is 10.3 Å². The van der Waals surface area contributed by atoms with Crippen molar-refractivity contribution in [2.24, 2.45) is 0 Å². The van der Waals surface area contributed by atoms with Crippen molar-refractivity contribution in [2.45, 2.75) is 6.92 Å². The second-order valence-electron chi connectivity index (χ2n) is 2.82. The molecule has 0 radical (unpaired) electrons. The molecule has 0 spiro atoms. The Morgan fingerprint density at radius 1 is 1.60 bits per heavy atom. The average molecular weight is 273 g/mol. The summed E-state index contributed by atoms with van der Waals surface area (Å²) in [4.78, 5) is 15.5. The van der Waals surface area contributed by atoms with E-state index in [9.17, 15) is 4.79 Å². The van der Waals surface area contributed by atoms with Gasteiger partial charge in [0.25, 0.3) is 5.91 Å². The number of nitrogens with one attached hydrogen (secondary N) is 1. The first-order chi connectivity index (χ1) is 7.24. The SMILES string of the molecule is CCOCCNC(=O)c1ccc(Br)nc1. The molecule has 5 heteroatoms. The largest absolute Gasteiger partial charge is 0.380 e.